The molecule has 0 aliphatic heterocycles. The molecule has 21 heavy (non-hydrogen) atoms. The lowest BCUT2D eigenvalue weighted by Crippen LogP contribution is -2.39. The van der Waals surface area contributed by atoms with E-state index in [4.69, 9.17) is 0 Å². The summed E-state index contributed by atoms with van der Waals surface area (Å²) < 4.78 is 0. The maximum absolute atomic E-state index is 12.5. The van der Waals surface area contributed by atoms with E-state index >= 15 is 0 Å². The number of imide groups is 1. The molecule has 0 aliphatic carbocycles. The summed E-state index contributed by atoms with van der Waals surface area (Å²) in [7, 11) is 0. The largest absolute Gasteiger partial charge is 0.333 e. The van der Waals surface area contributed by atoms with E-state index in [1.54, 1.807) is 12.1 Å². The zero-order valence-electron chi connectivity index (χ0n) is 12.4. The van der Waals surface area contributed by atoms with Crippen molar-refractivity contribution in [2.24, 2.45) is 0 Å². The van der Waals surface area contributed by atoms with Crippen LogP contribution in [0.3, 0.4) is 0 Å². The minimum Gasteiger partial charge on any atom is -0.307 e. The molecule has 0 radical (unpaired) electrons. The summed E-state index contributed by atoms with van der Waals surface area (Å²) in [5, 5.41) is 2.78. The first-order chi connectivity index (χ1) is 10.0. The number of amides is 3. The fourth-order valence-corrected chi connectivity index (χ4v) is 2.12. The van der Waals surface area contributed by atoms with E-state index in [0.717, 1.165) is 16.0 Å². The first-order valence-corrected chi connectivity index (χ1v) is 6.73. The molecular weight excluding hydrogens is 264 g/mol. The van der Waals surface area contributed by atoms with Crippen LogP contribution in [0.2, 0.25) is 0 Å². The van der Waals surface area contributed by atoms with Crippen molar-refractivity contribution in [1.29, 1.82) is 0 Å². The number of hydrogen-bond donors (Lipinski definition) is 1. The van der Waals surface area contributed by atoms with Gasteiger partial charge in [0.15, 0.2) is 0 Å². The van der Waals surface area contributed by atoms with Crippen LogP contribution in [0.25, 0.3) is 0 Å². The van der Waals surface area contributed by atoms with Crippen molar-refractivity contribution in [3.63, 3.8) is 0 Å². The molecule has 2 aromatic carbocycles. The topological polar surface area (TPSA) is 49.4 Å². The minimum atomic E-state index is -0.453. The molecule has 0 saturated carbocycles. The quantitative estimate of drug-likeness (QED) is 0.908. The van der Waals surface area contributed by atoms with Gasteiger partial charge in [-0.05, 0) is 37.1 Å². The predicted octanol–water partition coefficient (Wildman–Crippen LogP) is 3.89. The number of nitrogens with zero attached hydrogens (tertiary/aromatic N) is 1. The highest BCUT2D eigenvalue weighted by molar-refractivity contribution is 6.18. The third-order valence-electron chi connectivity index (χ3n) is 3.26. The summed E-state index contributed by atoms with van der Waals surface area (Å²) in [6.45, 7) is 5.15. The van der Waals surface area contributed by atoms with Gasteiger partial charge in [-0.1, -0.05) is 36.4 Å². The van der Waals surface area contributed by atoms with Gasteiger partial charge in [-0.15, -0.1) is 0 Å². The minimum absolute atomic E-state index is 0.324. The number of carbonyl (C=O) groups excluding carboxylic acids is 2. The Labute approximate surface area is 124 Å². The molecule has 0 fully saturated rings. The van der Waals surface area contributed by atoms with Gasteiger partial charge in [-0.25, -0.2) is 9.69 Å². The van der Waals surface area contributed by atoms with Gasteiger partial charge in [-0.3, -0.25) is 4.79 Å². The van der Waals surface area contributed by atoms with Gasteiger partial charge in [-0.2, -0.15) is 0 Å². The van der Waals surface area contributed by atoms with Crippen LogP contribution in [-0.2, 0) is 4.79 Å². The third-order valence-corrected chi connectivity index (χ3v) is 3.26. The molecule has 3 amide bonds. The number of benzene rings is 2. The van der Waals surface area contributed by atoms with Crippen molar-refractivity contribution in [1.82, 2.24) is 0 Å². The van der Waals surface area contributed by atoms with E-state index in [1.165, 1.54) is 6.92 Å². The average molecular weight is 282 g/mol. The maximum Gasteiger partial charge on any atom is 0.333 e. The molecule has 2 rings (SSSR count). The second-order valence-corrected chi connectivity index (χ2v) is 4.89. The highest BCUT2D eigenvalue weighted by Gasteiger charge is 2.21. The first-order valence-electron chi connectivity index (χ1n) is 6.73. The summed E-state index contributed by atoms with van der Waals surface area (Å²) in [6, 6.07) is 14.3. The SMILES string of the molecule is CC(=O)N(C(=O)Nc1ccccc1C)c1ccccc1C. The number of aryl methyl sites for hydroxylation is 2. The zero-order valence-corrected chi connectivity index (χ0v) is 12.4. The Balaban J connectivity index is 2.32. The molecule has 0 bridgehead atoms. The average Bonchev–Trinajstić information content (AvgIpc) is 2.43. The van der Waals surface area contributed by atoms with Gasteiger partial charge in [0, 0.05) is 12.6 Å². The summed E-state index contributed by atoms with van der Waals surface area (Å²) >= 11 is 0. The smallest absolute Gasteiger partial charge is 0.307 e. The Morgan fingerprint density at radius 3 is 2.05 bits per heavy atom. The van der Waals surface area contributed by atoms with Crippen molar-refractivity contribution in [2.75, 3.05) is 10.2 Å². The molecule has 0 spiro atoms. The molecular formula is C17H18N2O2. The summed E-state index contributed by atoms with van der Waals surface area (Å²) in [5.41, 5.74) is 3.10. The van der Waals surface area contributed by atoms with Crippen molar-refractivity contribution in [3.05, 3.63) is 59.7 Å². The molecule has 2 aromatic rings. The Morgan fingerprint density at radius 2 is 1.48 bits per heavy atom. The Hall–Kier alpha value is -2.62. The number of hydrogen-bond acceptors (Lipinski definition) is 2. The van der Waals surface area contributed by atoms with Gasteiger partial charge in [0.2, 0.25) is 5.91 Å². The van der Waals surface area contributed by atoms with Crippen molar-refractivity contribution in [2.45, 2.75) is 20.8 Å². The van der Waals surface area contributed by atoms with Crippen LogP contribution in [0.4, 0.5) is 16.2 Å². The van der Waals surface area contributed by atoms with Crippen LogP contribution in [0.15, 0.2) is 48.5 Å². The van der Waals surface area contributed by atoms with E-state index in [2.05, 4.69) is 5.32 Å². The second kappa shape index (κ2) is 6.22. The van der Waals surface area contributed by atoms with Crippen LogP contribution in [-0.4, -0.2) is 11.9 Å². The highest BCUT2D eigenvalue weighted by atomic mass is 16.2. The van der Waals surface area contributed by atoms with E-state index in [9.17, 15) is 9.59 Å². The second-order valence-electron chi connectivity index (χ2n) is 4.89. The molecule has 4 nitrogen and oxygen atoms in total. The molecule has 1 N–H and O–H groups in total. The van der Waals surface area contributed by atoms with E-state index in [0.29, 0.717) is 11.4 Å². The number of rotatable bonds is 2. The maximum atomic E-state index is 12.5. The van der Waals surface area contributed by atoms with Gasteiger partial charge in [0.25, 0.3) is 0 Å². The molecule has 0 heterocycles. The van der Waals surface area contributed by atoms with E-state index < -0.39 is 6.03 Å². The molecule has 4 heteroatoms. The number of urea groups is 1. The molecule has 0 aliphatic rings. The first kappa shape index (κ1) is 14.8. The van der Waals surface area contributed by atoms with Crippen molar-refractivity contribution in [3.8, 4) is 0 Å². The van der Waals surface area contributed by atoms with Crippen molar-refractivity contribution >= 4 is 23.3 Å². The van der Waals surface area contributed by atoms with E-state index in [-0.39, 0.29) is 5.91 Å². The van der Waals surface area contributed by atoms with Crippen LogP contribution in [0, 0.1) is 13.8 Å². The summed E-state index contributed by atoms with van der Waals surface area (Å²) in [6.07, 6.45) is 0. The lowest BCUT2D eigenvalue weighted by atomic mass is 10.2. The normalized spacial score (nSPS) is 10.0. The number of para-hydroxylation sites is 2. The molecule has 0 atom stereocenters. The Bertz CT molecular complexity index is 680. The zero-order chi connectivity index (χ0) is 15.4. The lowest BCUT2D eigenvalue weighted by Gasteiger charge is -2.22. The highest BCUT2D eigenvalue weighted by Crippen LogP contribution is 2.21. The van der Waals surface area contributed by atoms with Crippen LogP contribution < -0.4 is 10.2 Å². The van der Waals surface area contributed by atoms with Crippen molar-refractivity contribution < 1.29 is 9.59 Å². The van der Waals surface area contributed by atoms with Crippen LogP contribution in [0.1, 0.15) is 18.1 Å². The standard InChI is InChI=1S/C17H18N2O2/c1-12-8-4-6-10-15(12)18-17(21)19(14(3)20)16-11-7-5-9-13(16)2/h4-11H,1-3H3,(H,18,21). The fraction of sp³-hybridized carbons (Fsp3) is 0.176. The summed E-state index contributed by atoms with van der Waals surface area (Å²) in [5.74, 6) is -0.324. The van der Waals surface area contributed by atoms with Gasteiger partial charge in [0.05, 0.1) is 5.69 Å². The number of nitrogens with one attached hydrogen (secondary N) is 1. The number of anilines is 2. The third kappa shape index (κ3) is 3.28. The van der Waals surface area contributed by atoms with Crippen LogP contribution in [0.5, 0.6) is 0 Å². The van der Waals surface area contributed by atoms with Crippen LogP contribution >= 0.6 is 0 Å². The van der Waals surface area contributed by atoms with Gasteiger partial charge < -0.3 is 5.32 Å². The Morgan fingerprint density at radius 1 is 0.905 bits per heavy atom. The van der Waals surface area contributed by atoms with Gasteiger partial charge >= 0.3 is 6.03 Å². The van der Waals surface area contributed by atoms with E-state index in [1.807, 2.05) is 50.2 Å². The molecule has 0 aromatic heterocycles. The number of carbonyl (C=O) groups is 2. The fourth-order valence-electron chi connectivity index (χ4n) is 2.12. The molecule has 0 saturated heterocycles. The lowest BCUT2D eigenvalue weighted by molar-refractivity contribution is -0.115. The Kier molecular flexibility index (Phi) is 4.38. The van der Waals surface area contributed by atoms with Gasteiger partial charge in [0.1, 0.15) is 0 Å². The predicted molar refractivity (Wildman–Crippen MR) is 84.5 cm³/mol. The molecule has 108 valence electrons. The monoisotopic (exact) mass is 282 g/mol. The summed E-state index contributed by atoms with van der Waals surface area (Å²) in [4.78, 5) is 25.5. The molecule has 0 unspecified atom stereocenters.